The van der Waals surface area contributed by atoms with Gasteiger partial charge in [0.25, 0.3) is 11.8 Å². The van der Waals surface area contributed by atoms with Crippen molar-refractivity contribution >= 4 is 11.6 Å². The quantitative estimate of drug-likeness (QED) is 0.586. The second-order valence-electron chi connectivity index (χ2n) is 5.77. The van der Waals surface area contributed by atoms with E-state index >= 15 is 0 Å². The zero-order valence-corrected chi connectivity index (χ0v) is 14.0. The first-order valence-electron chi connectivity index (χ1n) is 8.06. The first kappa shape index (κ1) is 15.8. The van der Waals surface area contributed by atoms with Crippen LogP contribution >= 0.6 is 0 Å². The van der Waals surface area contributed by atoms with Gasteiger partial charge in [-0.25, -0.2) is 0 Å². The smallest absolute Gasteiger partial charge is 0.260 e. The van der Waals surface area contributed by atoms with Gasteiger partial charge < -0.3 is 14.3 Å². The van der Waals surface area contributed by atoms with Gasteiger partial charge in [-0.2, -0.15) is 4.98 Å². The monoisotopic (exact) mass is 345 g/mol. The van der Waals surface area contributed by atoms with Gasteiger partial charge in [0, 0.05) is 5.56 Å². The number of aromatic nitrogens is 2. The molecule has 6 nitrogen and oxygen atoms in total. The third-order valence-electron chi connectivity index (χ3n) is 3.89. The van der Waals surface area contributed by atoms with Crippen LogP contribution in [0.3, 0.4) is 0 Å². The SMILES string of the molecule is Cc1ccc(C(=O)Nc2ccccc2-c2nc(-c3ccco3)no2)cc1. The van der Waals surface area contributed by atoms with Crippen molar-refractivity contribution in [3.05, 3.63) is 78.1 Å². The molecule has 0 saturated carbocycles. The number of amides is 1. The van der Waals surface area contributed by atoms with Crippen molar-refractivity contribution in [1.29, 1.82) is 0 Å². The molecule has 0 aliphatic carbocycles. The average Bonchev–Trinajstić information content (AvgIpc) is 3.34. The first-order valence-corrected chi connectivity index (χ1v) is 8.06. The minimum atomic E-state index is -0.205. The van der Waals surface area contributed by atoms with Crippen LogP contribution in [0.2, 0.25) is 0 Å². The van der Waals surface area contributed by atoms with E-state index in [4.69, 9.17) is 8.94 Å². The maximum Gasteiger partial charge on any atom is 0.260 e. The van der Waals surface area contributed by atoms with Gasteiger partial charge in [-0.15, -0.1) is 0 Å². The van der Waals surface area contributed by atoms with E-state index in [1.165, 1.54) is 0 Å². The molecule has 4 rings (SSSR count). The van der Waals surface area contributed by atoms with Crippen LogP contribution in [0.15, 0.2) is 75.9 Å². The lowest BCUT2D eigenvalue weighted by Gasteiger charge is -2.08. The van der Waals surface area contributed by atoms with E-state index in [0.717, 1.165) is 5.56 Å². The van der Waals surface area contributed by atoms with Gasteiger partial charge in [0.05, 0.1) is 17.5 Å². The van der Waals surface area contributed by atoms with Gasteiger partial charge in [-0.1, -0.05) is 35.0 Å². The number of carbonyl (C=O) groups excluding carboxylic acids is 1. The summed E-state index contributed by atoms with van der Waals surface area (Å²) < 4.78 is 10.6. The Bertz CT molecular complexity index is 1030. The molecule has 2 aromatic carbocycles. The van der Waals surface area contributed by atoms with Crippen LogP contribution in [-0.2, 0) is 0 Å². The Kier molecular flexibility index (Phi) is 4.07. The van der Waals surface area contributed by atoms with Gasteiger partial charge in [-0.05, 0) is 43.3 Å². The predicted molar refractivity (Wildman–Crippen MR) is 96.6 cm³/mol. The predicted octanol–water partition coefficient (Wildman–Crippen LogP) is 4.56. The van der Waals surface area contributed by atoms with Crippen LogP contribution in [0.1, 0.15) is 15.9 Å². The number of anilines is 1. The maximum absolute atomic E-state index is 12.5. The lowest BCUT2D eigenvalue weighted by atomic mass is 10.1. The third kappa shape index (κ3) is 3.12. The molecule has 0 saturated heterocycles. The number of furan rings is 1. The van der Waals surface area contributed by atoms with Gasteiger partial charge in [0.2, 0.25) is 5.82 Å². The largest absolute Gasteiger partial charge is 0.461 e. The topological polar surface area (TPSA) is 81.2 Å². The Hall–Kier alpha value is -3.67. The van der Waals surface area contributed by atoms with Crippen LogP contribution < -0.4 is 5.32 Å². The molecule has 0 aliphatic rings. The number of hydrogen-bond acceptors (Lipinski definition) is 5. The van der Waals surface area contributed by atoms with Crippen molar-refractivity contribution in [1.82, 2.24) is 10.1 Å². The fraction of sp³-hybridized carbons (Fsp3) is 0.0500. The van der Waals surface area contributed by atoms with E-state index in [1.807, 2.05) is 37.3 Å². The number of benzene rings is 2. The van der Waals surface area contributed by atoms with E-state index in [0.29, 0.717) is 34.3 Å². The minimum absolute atomic E-state index is 0.205. The van der Waals surface area contributed by atoms with Crippen LogP contribution in [0.4, 0.5) is 5.69 Å². The summed E-state index contributed by atoms with van der Waals surface area (Å²) in [5.41, 5.74) is 2.90. The van der Waals surface area contributed by atoms with Crippen LogP contribution in [0, 0.1) is 6.92 Å². The molecule has 1 N–H and O–H groups in total. The third-order valence-corrected chi connectivity index (χ3v) is 3.89. The fourth-order valence-corrected chi connectivity index (χ4v) is 2.52. The molecular weight excluding hydrogens is 330 g/mol. The molecule has 0 aliphatic heterocycles. The highest BCUT2D eigenvalue weighted by atomic mass is 16.5. The number of aryl methyl sites for hydroxylation is 1. The number of nitrogens with one attached hydrogen (secondary N) is 1. The van der Waals surface area contributed by atoms with Gasteiger partial charge in [0.1, 0.15) is 0 Å². The van der Waals surface area contributed by atoms with Crippen LogP contribution in [0.25, 0.3) is 23.0 Å². The van der Waals surface area contributed by atoms with E-state index in [2.05, 4.69) is 15.5 Å². The lowest BCUT2D eigenvalue weighted by molar-refractivity contribution is 0.102. The summed E-state index contributed by atoms with van der Waals surface area (Å²) in [5, 5.41) is 6.83. The molecule has 0 unspecified atom stereocenters. The van der Waals surface area contributed by atoms with Crippen molar-refractivity contribution in [2.45, 2.75) is 6.92 Å². The Labute approximate surface area is 149 Å². The molecule has 2 heterocycles. The first-order chi connectivity index (χ1) is 12.7. The molecule has 4 aromatic rings. The highest BCUT2D eigenvalue weighted by Gasteiger charge is 2.16. The summed E-state index contributed by atoms with van der Waals surface area (Å²) in [6.07, 6.45) is 1.54. The summed E-state index contributed by atoms with van der Waals surface area (Å²) in [6.45, 7) is 1.98. The van der Waals surface area contributed by atoms with Gasteiger partial charge in [0.15, 0.2) is 5.76 Å². The summed E-state index contributed by atoms with van der Waals surface area (Å²) in [6, 6.07) is 18.1. The summed E-state index contributed by atoms with van der Waals surface area (Å²) in [5.74, 6) is 0.963. The van der Waals surface area contributed by atoms with E-state index in [9.17, 15) is 4.79 Å². The average molecular weight is 345 g/mol. The highest BCUT2D eigenvalue weighted by Crippen LogP contribution is 2.29. The molecule has 26 heavy (non-hydrogen) atoms. The maximum atomic E-state index is 12.5. The fourth-order valence-electron chi connectivity index (χ4n) is 2.52. The molecule has 128 valence electrons. The second-order valence-corrected chi connectivity index (χ2v) is 5.77. The molecule has 1 amide bonds. The van der Waals surface area contributed by atoms with E-state index < -0.39 is 0 Å². The van der Waals surface area contributed by atoms with E-state index in [-0.39, 0.29) is 5.91 Å². The standard InChI is InChI=1S/C20H15N3O3/c1-13-8-10-14(11-9-13)19(24)21-16-6-3-2-5-15(16)20-22-18(23-26-20)17-7-4-12-25-17/h2-12H,1H3,(H,21,24). The molecule has 0 atom stereocenters. The van der Waals surface area contributed by atoms with Gasteiger partial charge in [-0.3, -0.25) is 4.79 Å². The zero-order valence-electron chi connectivity index (χ0n) is 14.0. The molecule has 6 heteroatoms. The van der Waals surface area contributed by atoms with E-state index in [1.54, 1.807) is 36.6 Å². The number of hydrogen-bond donors (Lipinski definition) is 1. The lowest BCUT2D eigenvalue weighted by Crippen LogP contribution is -2.12. The highest BCUT2D eigenvalue weighted by molar-refractivity contribution is 6.06. The van der Waals surface area contributed by atoms with Crippen molar-refractivity contribution in [2.24, 2.45) is 0 Å². The molecule has 2 aromatic heterocycles. The molecule has 0 radical (unpaired) electrons. The van der Waals surface area contributed by atoms with Crippen molar-refractivity contribution in [3.8, 4) is 23.0 Å². The molecule has 0 bridgehead atoms. The second kappa shape index (κ2) is 6.68. The summed E-state index contributed by atoms with van der Waals surface area (Å²) >= 11 is 0. The zero-order chi connectivity index (χ0) is 17.9. The number of carbonyl (C=O) groups is 1. The Morgan fingerprint density at radius 2 is 1.81 bits per heavy atom. The molecule has 0 spiro atoms. The van der Waals surface area contributed by atoms with Crippen molar-refractivity contribution in [3.63, 3.8) is 0 Å². The van der Waals surface area contributed by atoms with Crippen molar-refractivity contribution in [2.75, 3.05) is 5.32 Å². The number of para-hydroxylation sites is 1. The van der Waals surface area contributed by atoms with Gasteiger partial charge >= 0.3 is 0 Å². The van der Waals surface area contributed by atoms with Crippen molar-refractivity contribution < 1.29 is 13.7 Å². The summed E-state index contributed by atoms with van der Waals surface area (Å²) in [7, 11) is 0. The Morgan fingerprint density at radius 3 is 2.58 bits per heavy atom. The minimum Gasteiger partial charge on any atom is -0.461 e. The number of rotatable bonds is 4. The summed E-state index contributed by atoms with van der Waals surface area (Å²) in [4.78, 5) is 16.9. The van der Waals surface area contributed by atoms with Crippen LogP contribution in [0.5, 0.6) is 0 Å². The Balaban J connectivity index is 1.63. The molecule has 0 fully saturated rings. The normalized spacial score (nSPS) is 10.7. The number of nitrogens with zero attached hydrogens (tertiary/aromatic N) is 2. The molecular formula is C20H15N3O3. The van der Waals surface area contributed by atoms with Crippen LogP contribution in [-0.4, -0.2) is 16.0 Å². The Morgan fingerprint density at radius 1 is 1.00 bits per heavy atom.